The Morgan fingerprint density at radius 1 is 1.29 bits per heavy atom. The quantitative estimate of drug-likeness (QED) is 0.710. The Morgan fingerprint density at radius 2 is 2.06 bits per heavy atom. The third kappa shape index (κ3) is 2.00. The molecule has 3 rings (SSSR count). The number of fused-ring (bicyclic) bond motifs is 1. The van der Waals surface area contributed by atoms with Crippen LogP contribution in [0.15, 0.2) is 0 Å². The van der Waals surface area contributed by atoms with Crippen LogP contribution in [-0.2, 0) is 4.74 Å². The van der Waals surface area contributed by atoms with Crippen molar-refractivity contribution in [1.82, 2.24) is 4.90 Å². The molecule has 1 heterocycles. The summed E-state index contributed by atoms with van der Waals surface area (Å²) in [5.41, 5.74) is 0. The summed E-state index contributed by atoms with van der Waals surface area (Å²) in [6.45, 7) is 1.07. The van der Waals surface area contributed by atoms with E-state index >= 15 is 0 Å². The van der Waals surface area contributed by atoms with Crippen LogP contribution >= 0.6 is 0 Å². The number of nitrogens with zero attached hydrogens (tertiary/aromatic N) is 1. The Labute approximate surface area is 99.1 Å². The molecule has 0 radical (unpaired) electrons. The van der Waals surface area contributed by atoms with E-state index in [9.17, 15) is 13.6 Å². The van der Waals surface area contributed by atoms with Gasteiger partial charge in [-0.05, 0) is 31.1 Å². The van der Waals surface area contributed by atoms with Crippen molar-refractivity contribution >= 4 is 6.09 Å². The van der Waals surface area contributed by atoms with Crippen molar-refractivity contribution in [1.29, 1.82) is 0 Å². The van der Waals surface area contributed by atoms with Crippen molar-refractivity contribution in [2.24, 2.45) is 11.8 Å². The molecule has 0 N–H and O–H groups in total. The van der Waals surface area contributed by atoms with Gasteiger partial charge in [0.1, 0.15) is 6.61 Å². The highest BCUT2D eigenvalue weighted by atomic mass is 19.3. The molecule has 0 bridgehead atoms. The van der Waals surface area contributed by atoms with E-state index in [0.29, 0.717) is 25.5 Å². The third-order valence-electron chi connectivity index (χ3n) is 4.49. The summed E-state index contributed by atoms with van der Waals surface area (Å²) in [4.78, 5) is 13.2. The van der Waals surface area contributed by atoms with E-state index in [1.54, 1.807) is 4.90 Å². The molecule has 2 saturated carbocycles. The van der Waals surface area contributed by atoms with Crippen LogP contribution < -0.4 is 0 Å². The molecular weight excluding hydrogens is 228 g/mol. The van der Waals surface area contributed by atoms with Gasteiger partial charge in [0.15, 0.2) is 0 Å². The number of carbonyl (C=O) groups excluding carboxylic acids is 1. The van der Waals surface area contributed by atoms with Gasteiger partial charge in [0.2, 0.25) is 5.92 Å². The first-order chi connectivity index (χ1) is 8.05. The summed E-state index contributed by atoms with van der Waals surface area (Å²) in [6, 6.07) is 0.133. The minimum Gasteiger partial charge on any atom is -0.448 e. The number of amides is 1. The fourth-order valence-corrected chi connectivity index (χ4v) is 3.66. The topological polar surface area (TPSA) is 29.5 Å². The van der Waals surface area contributed by atoms with Gasteiger partial charge in [-0.25, -0.2) is 13.6 Å². The van der Waals surface area contributed by atoms with Gasteiger partial charge >= 0.3 is 6.09 Å². The predicted molar refractivity (Wildman–Crippen MR) is 56.9 cm³/mol. The minimum absolute atomic E-state index is 0.0110. The predicted octanol–water partition coefficient (Wildman–Crippen LogP) is 2.65. The van der Waals surface area contributed by atoms with Crippen molar-refractivity contribution < 1.29 is 18.3 Å². The fraction of sp³-hybridized carbons (Fsp3) is 0.917. The largest absolute Gasteiger partial charge is 0.448 e. The number of ether oxygens (including phenoxy) is 1. The Balaban J connectivity index is 1.67. The van der Waals surface area contributed by atoms with E-state index < -0.39 is 5.92 Å². The summed E-state index contributed by atoms with van der Waals surface area (Å²) in [7, 11) is 0. The second-order valence-corrected chi connectivity index (χ2v) is 5.55. The number of hydrogen-bond donors (Lipinski definition) is 0. The molecule has 3 atom stereocenters. The fourth-order valence-electron chi connectivity index (χ4n) is 3.66. The van der Waals surface area contributed by atoms with Gasteiger partial charge in [0, 0.05) is 18.9 Å². The van der Waals surface area contributed by atoms with Crippen molar-refractivity contribution in [3.63, 3.8) is 0 Å². The van der Waals surface area contributed by atoms with Crippen molar-refractivity contribution in [2.45, 2.75) is 44.1 Å². The zero-order valence-corrected chi connectivity index (χ0v) is 9.70. The summed E-state index contributed by atoms with van der Waals surface area (Å²) >= 11 is 0. The number of halogens is 2. The summed E-state index contributed by atoms with van der Waals surface area (Å²) < 4.78 is 31.5. The summed E-state index contributed by atoms with van der Waals surface area (Å²) in [6.07, 6.45) is 1.99. The highest BCUT2D eigenvalue weighted by molar-refractivity contribution is 5.69. The number of cyclic esters (lactones) is 1. The van der Waals surface area contributed by atoms with Crippen LogP contribution in [0.2, 0.25) is 0 Å². The smallest absolute Gasteiger partial charge is 0.410 e. The molecule has 0 aromatic heterocycles. The molecule has 2 aliphatic carbocycles. The highest BCUT2D eigenvalue weighted by Crippen LogP contribution is 2.49. The van der Waals surface area contributed by atoms with E-state index in [2.05, 4.69) is 0 Å². The first kappa shape index (κ1) is 11.2. The van der Waals surface area contributed by atoms with E-state index in [1.807, 2.05) is 0 Å². The molecule has 3 aliphatic rings. The highest BCUT2D eigenvalue weighted by Gasteiger charge is 2.48. The number of rotatable bonds is 1. The summed E-state index contributed by atoms with van der Waals surface area (Å²) in [5.74, 6) is -2.01. The lowest BCUT2D eigenvalue weighted by Crippen LogP contribution is -2.34. The van der Waals surface area contributed by atoms with Crippen molar-refractivity contribution in [3.05, 3.63) is 0 Å². The van der Waals surface area contributed by atoms with Crippen molar-refractivity contribution in [3.8, 4) is 0 Å². The lowest BCUT2D eigenvalue weighted by molar-refractivity contribution is -0.0634. The van der Waals surface area contributed by atoms with Gasteiger partial charge in [-0.3, -0.25) is 0 Å². The molecule has 17 heavy (non-hydrogen) atoms. The lowest BCUT2D eigenvalue weighted by Gasteiger charge is -2.31. The van der Waals surface area contributed by atoms with E-state index in [1.165, 1.54) is 0 Å². The first-order valence-corrected chi connectivity index (χ1v) is 6.36. The van der Waals surface area contributed by atoms with Gasteiger partial charge < -0.3 is 9.64 Å². The van der Waals surface area contributed by atoms with Crippen LogP contribution in [0.25, 0.3) is 0 Å². The molecule has 0 spiro atoms. The molecule has 0 aromatic carbocycles. The van der Waals surface area contributed by atoms with Crippen LogP contribution in [-0.4, -0.2) is 36.1 Å². The zero-order chi connectivity index (χ0) is 12.0. The second-order valence-electron chi connectivity index (χ2n) is 5.55. The number of hydrogen-bond acceptors (Lipinski definition) is 2. The minimum atomic E-state index is -2.48. The molecule has 1 saturated heterocycles. The monoisotopic (exact) mass is 245 g/mol. The maximum Gasteiger partial charge on any atom is 0.410 e. The molecule has 3 fully saturated rings. The Morgan fingerprint density at radius 3 is 2.76 bits per heavy atom. The van der Waals surface area contributed by atoms with E-state index in [-0.39, 0.29) is 30.9 Å². The molecule has 96 valence electrons. The van der Waals surface area contributed by atoms with Crippen LogP contribution in [0.3, 0.4) is 0 Å². The molecule has 1 amide bonds. The molecule has 3 nitrogen and oxygen atoms in total. The molecular formula is C12H17F2NO2. The van der Waals surface area contributed by atoms with E-state index in [4.69, 9.17) is 4.74 Å². The van der Waals surface area contributed by atoms with Crippen molar-refractivity contribution in [2.75, 3.05) is 13.2 Å². The standard InChI is InChI=1S/C12H17F2NO2/c13-12(14)2-1-8-5-10(6-9(8)7-12)15-3-4-17-11(15)16/h8-10H,1-7H2/t8?,9-,10?/m1/s1. The maximum atomic E-state index is 13.3. The Hall–Kier alpha value is -0.870. The third-order valence-corrected chi connectivity index (χ3v) is 4.49. The van der Waals surface area contributed by atoms with Crippen LogP contribution in [0.4, 0.5) is 13.6 Å². The zero-order valence-electron chi connectivity index (χ0n) is 9.70. The average Bonchev–Trinajstić information content (AvgIpc) is 2.81. The van der Waals surface area contributed by atoms with Gasteiger partial charge in [-0.1, -0.05) is 0 Å². The van der Waals surface area contributed by atoms with Gasteiger partial charge in [-0.2, -0.15) is 0 Å². The maximum absolute atomic E-state index is 13.3. The van der Waals surface area contributed by atoms with E-state index in [0.717, 1.165) is 12.8 Å². The number of alkyl halides is 2. The average molecular weight is 245 g/mol. The Bertz CT molecular complexity index is 334. The van der Waals surface area contributed by atoms with Crippen LogP contribution in [0, 0.1) is 11.8 Å². The van der Waals surface area contributed by atoms with Crippen LogP contribution in [0.1, 0.15) is 32.1 Å². The molecule has 0 aromatic rings. The molecule has 5 heteroatoms. The molecule has 2 unspecified atom stereocenters. The lowest BCUT2D eigenvalue weighted by atomic mass is 9.80. The second kappa shape index (κ2) is 3.82. The van der Waals surface area contributed by atoms with Gasteiger partial charge in [0.05, 0.1) is 6.54 Å². The summed E-state index contributed by atoms with van der Waals surface area (Å²) in [5, 5.41) is 0. The SMILES string of the molecule is O=C1OCCN1C1CC2CCC(F)(F)C[C@H]2C1. The first-order valence-electron chi connectivity index (χ1n) is 6.36. The van der Waals surface area contributed by atoms with Crippen LogP contribution in [0.5, 0.6) is 0 Å². The van der Waals surface area contributed by atoms with Gasteiger partial charge in [-0.15, -0.1) is 0 Å². The number of carbonyl (C=O) groups is 1. The normalized spacial score (nSPS) is 40.2. The van der Waals surface area contributed by atoms with Gasteiger partial charge in [0.25, 0.3) is 0 Å². The molecule has 1 aliphatic heterocycles. The Kier molecular flexibility index (Phi) is 2.52.